The van der Waals surface area contributed by atoms with Crippen molar-refractivity contribution in [3.05, 3.63) is 91.0 Å². The Bertz CT molecular complexity index is 1110. The molecule has 10 heteroatoms. The number of amides is 1. The molecule has 2 rings (SSSR count). The van der Waals surface area contributed by atoms with Crippen molar-refractivity contribution in [2.75, 3.05) is 41.5 Å². The molecule has 47 heavy (non-hydrogen) atoms. The van der Waals surface area contributed by atoms with Gasteiger partial charge in [0.2, 0.25) is 0 Å². The highest BCUT2D eigenvalue weighted by Gasteiger charge is 2.26. The molecule has 1 aliphatic heterocycles. The topological polar surface area (TPSA) is 110 Å². The quantitative estimate of drug-likeness (QED) is 0.0470. The maximum absolute atomic E-state index is 12.3. The summed E-state index contributed by atoms with van der Waals surface area (Å²) in [6, 6.07) is 3.55. The fourth-order valence-corrected chi connectivity index (χ4v) is 4.81. The summed E-state index contributed by atoms with van der Waals surface area (Å²) in [5.74, 6) is 2.53. The first-order chi connectivity index (χ1) is 22.6. The van der Waals surface area contributed by atoms with E-state index < -0.39 is 5.91 Å². The molecule has 1 aromatic rings. The number of nitrogens with zero attached hydrogens (tertiary/aromatic N) is 1. The third-order valence-corrected chi connectivity index (χ3v) is 7.37. The first-order valence-electron chi connectivity index (χ1n) is 15.7. The maximum atomic E-state index is 12.3. The number of carbonyl (C=O) groups is 1. The minimum absolute atomic E-state index is 0.130. The number of nitrogens with one attached hydrogen (secondary N) is 1. The average molecular weight is 679 g/mol. The largest absolute Gasteiger partial charge is 0.502 e. The van der Waals surface area contributed by atoms with E-state index in [4.69, 9.17) is 24.1 Å². The van der Waals surface area contributed by atoms with Crippen LogP contribution in [0.4, 0.5) is 0 Å². The molecule has 0 bridgehead atoms. The van der Waals surface area contributed by atoms with Gasteiger partial charge in [-0.2, -0.15) is 0 Å². The fraction of sp³-hybridized carbons (Fsp3) is 0.486. The second kappa shape index (κ2) is 31.2. The highest BCUT2D eigenvalue weighted by molar-refractivity contribution is 7.97. The molecule has 0 atom stereocenters. The molecule has 9 nitrogen and oxygen atoms in total. The molecule has 0 saturated carbocycles. The number of hydrogen-bond donors (Lipinski definition) is 3. The molecule has 1 saturated heterocycles. The van der Waals surface area contributed by atoms with Gasteiger partial charge in [-0.25, -0.2) is 9.79 Å². The lowest BCUT2D eigenvalue weighted by Crippen LogP contribution is -2.33. The van der Waals surface area contributed by atoms with Gasteiger partial charge >= 0.3 is 0 Å². The molecule has 0 aromatic heterocycles. The number of piperidine rings is 1. The van der Waals surface area contributed by atoms with Crippen molar-refractivity contribution in [1.82, 2.24) is 9.79 Å². The Labute approximate surface area is 289 Å². The molecule has 1 aromatic carbocycles. The Hall–Kier alpha value is -3.44. The van der Waals surface area contributed by atoms with Crippen LogP contribution in [0, 0.1) is 5.92 Å². The Morgan fingerprint density at radius 2 is 1.66 bits per heavy atom. The van der Waals surface area contributed by atoms with Crippen LogP contribution in [0.3, 0.4) is 0 Å². The monoisotopic (exact) mass is 678 g/mol. The number of aliphatic hydroxyl groups is 1. The molecule has 1 fully saturated rings. The van der Waals surface area contributed by atoms with Crippen LogP contribution in [0.2, 0.25) is 0 Å². The zero-order chi connectivity index (χ0) is 36.8. The van der Waals surface area contributed by atoms with Crippen LogP contribution in [-0.2, 0) is 9.47 Å². The van der Waals surface area contributed by atoms with Gasteiger partial charge in [-0.15, -0.1) is 13.2 Å². The second-order valence-electron chi connectivity index (χ2n) is 9.74. The van der Waals surface area contributed by atoms with E-state index in [1.54, 1.807) is 24.7 Å². The Kier molecular flexibility index (Phi) is 31.8. The molecule has 3 N–H and O–H groups in total. The van der Waals surface area contributed by atoms with Gasteiger partial charge in [0, 0.05) is 25.1 Å². The second-order valence-corrected chi connectivity index (χ2v) is 10.9. The van der Waals surface area contributed by atoms with E-state index in [1.807, 2.05) is 58.9 Å². The zero-order valence-electron chi connectivity index (χ0n) is 30.7. The van der Waals surface area contributed by atoms with Crippen LogP contribution < -0.4 is 15.0 Å². The summed E-state index contributed by atoms with van der Waals surface area (Å²) >= 11 is 1.46. The van der Waals surface area contributed by atoms with Gasteiger partial charge in [0.25, 0.3) is 5.91 Å². The molecule has 0 spiro atoms. The highest BCUT2D eigenvalue weighted by atomic mass is 32.2. The third-order valence-electron chi connectivity index (χ3n) is 6.21. The number of benzene rings is 1. The predicted octanol–water partition coefficient (Wildman–Crippen LogP) is 8.92. The van der Waals surface area contributed by atoms with Crippen molar-refractivity contribution >= 4 is 17.9 Å². The first-order valence-corrected chi connectivity index (χ1v) is 16.5. The standard InChI is InChI=1S/C27H38N2O5S.C5H10O.C2H6.C2H4.CH4O/c1-7-21(10-8-9-19(2)3)12-11-20(4)34-22-15-17-29(18-16-22)35-24-14-13-23(32-5)26(33-6)25(24)27(30)28-31;1-4-5(2)6-3;3*1-2/h7-8,10-14,19,22,31H,1,9,15-18H2,2-6H3,(H,28,30);4H,1-3H3;1-2H3;1-2H2;2H,1H3/b10-8+,20-11+,21-12+;5-4+;;;. The molecule has 1 amide bonds. The normalized spacial score (nSPS) is 13.7. The van der Waals surface area contributed by atoms with Crippen molar-refractivity contribution in [1.29, 1.82) is 0 Å². The summed E-state index contributed by atoms with van der Waals surface area (Å²) in [4.78, 5) is 13.0. The minimum Gasteiger partial charge on any atom is -0.502 e. The molecular formula is C37H62N2O7S. The van der Waals surface area contributed by atoms with Gasteiger partial charge in [0.1, 0.15) is 11.7 Å². The Morgan fingerprint density at radius 1 is 1.06 bits per heavy atom. The lowest BCUT2D eigenvalue weighted by molar-refractivity contribution is 0.0696. The Balaban J connectivity index is -0.00000140. The van der Waals surface area contributed by atoms with E-state index in [2.05, 4.69) is 50.0 Å². The summed E-state index contributed by atoms with van der Waals surface area (Å²) in [6.45, 7) is 25.7. The van der Waals surface area contributed by atoms with Gasteiger partial charge in [0.05, 0.1) is 32.8 Å². The van der Waals surface area contributed by atoms with Crippen LogP contribution >= 0.6 is 11.9 Å². The number of carbonyl (C=O) groups excluding carboxylic acids is 1. The number of hydroxylamine groups is 1. The summed E-state index contributed by atoms with van der Waals surface area (Å²) in [6.07, 6.45) is 14.9. The number of ether oxygens (including phenoxy) is 4. The van der Waals surface area contributed by atoms with E-state index in [0.29, 0.717) is 16.6 Å². The lowest BCUT2D eigenvalue weighted by atomic mass is 10.1. The molecular weight excluding hydrogens is 616 g/mol. The number of rotatable bonds is 13. The van der Waals surface area contributed by atoms with Crippen molar-refractivity contribution in [3.8, 4) is 11.5 Å². The van der Waals surface area contributed by atoms with E-state index in [9.17, 15) is 10.0 Å². The van der Waals surface area contributed by atoms with Crippen LogP contribution in [-0.4, -0.2) is 68.2 Å². The highest BCUT2D eigenvalue weighted by Crippen LogP contribution is 2.39. The first kappa shape index (κ1) is 48.0. The van der Waals surface area contributed by atoms with Crippen molar-refractivity contribution in [3.63, 3.8) is 0 Å². The van der Waals surface area contributed by atoms with Crippen LogP contribution in [0.5, 0.6) is 11.5 Å². The zero-order valence-corrected chi connectivity index (χ0v) is 31.5. The number of hydrogen-bond acceptors (Lipinski definition) is 9. The van der Waals surface area contributed by atoms with E-state index in [0.717, 1.165) is 56.6 Å². The van der Waals surface area contributed by atoms with Crippen LogP contribution in [0.25, 0.3) is 0 Å². The fourth-order valence-electron chi connectivity index (χ4n) is 3.74. The lowest BCUT2D eigenvalue weighted by Gasteiger charge is -2.31. The Morgan fingerprint density at radius 3 is 2.09 bits per heavy atom. The molecule has 1 heterocycles. The van der Waals surface area contributed by atoms with E-state index in [1.165, 1.54) is 26.2 Å². The van der Waals surface area contributed by atoms with Crippen molar-refractivity contribution < 1.29 is 34.1 Å². The number of allylic oxidation sites excluding steroid dienone is 9. The molecule has 1 aliphatic rings. The van der Waals surface area contributed by atoms with Gasteiger partial charge in [-0.05, 0) is 81.7 Å². The van der Waals surface area contributed by atoms with Gasteiger partial charge in [0.15, 0.2) is 11.5 Å². The summed E-state index contributed by atoms with van der Waals surface area (Å²) in [5, 5.41) is 16.2. The average Bonchev–Trinajstić information content (AvgIpc) is 3.12. The summed E-state index contributed by atoms with van der Waals surface area (Å²) < 4.78 is 23.8. The van der Waals surface area contributed by atoms with Crippen LogP contribution in [0.15, 0.2) is 90.3 Å². The van der Waals surface area contributed by atoms with E-state index >= 15 is 0 Å². The third kappa shape index (κ3) is 20.4. The molecule has 0 radical (unpaired) electrons. The predicted molar refractivity (Wildman–Crippen MR) is 198 cm³/mol. The summed E-state index contributed by atoms with van der Waals surface area (Å²) in [7, 11) is 5.63. The SMILES string of the molecule is C/C=C(\C)OC.C=C.C=CC(/C=C/CC(C)C)=C\C=C(/C)OC1CCN(Sc2ccc(OC)c(OC)c2C(=O)NO)CC1.CC.CO. The number of aliphatic hydroxyl groups excluding tert-OH is 1. The minimum atomic E-state index is -0.645. The van der Waals surface area contributed by atoms with Gasteiger partial charge in [-0.1, -0.05) is 64.7 Å². The van der Waals surface area contributed by atoms with Crippen LogP contribution in [0.1, 0.15) is 78.1 Å². The number of methoxy groups -OCH3 is 3. The van der Waals surface area contributed by atoms with E-state index in [-0.39, 0.29) is 17.4 Å². The van der Waals surface area contributed by atoms with Crippen molar-refractivity contribution in [2.45, 2.75) is 78.7 Å². The maximum Gasteiger partial charge on any atom is 0.279 e. The smallest absolute Gasteiger partial charge is 0.279 e. The molecule has 268 valence electrons. The van der Waals surface area contributed by atoms with Crippen molar-refractivity contribution in [2.24, 2.45) is 5.92 Å². The van der Waals surface area contributed by atoms with Gasteiger partial charge < -0.3 is 24.1 Å². The van der Waals surface area contributed by atoms with Gasteiger partial charge in [-0.3, -0.25) is 10.0 Å². The summed E-state index contributed by atoms with van der Waals surface area (Å²) in [5.41, 5.74) is 3.00. The molecule has 0 unspecified atom stereocenters. The molecule has 0 aliphatic carbocycles.